The van der Waals surface area contributed by atoms with Gasteiger partial charge in [-0.3, -0.25) is 14.0 Å². The van der Waals surface area contributed by atoms with Gasteiger partial charge in [-0.1, -0.05) is 23.2 Å². The molecule has 1 aromatic carbocycles. The van der Waals surface area contributed by atoms with Crippen molar-refractivity contribution < 1.29 is 27.8 Å². The highest BCUT2D eigenvalue weighted by molar-refractivity contribution is 6.42. The van der Waals surface area contributed by atoms with E-state index in [1.54, 1.807) is 0 Å². The lowest BCUT2D eigenvalue weighted by Gasteiger charge is -2.26. The number of aliphatic carboxylic acids is 1. The van der Waals surface area contributed by atoms with Crippen LogP contribution in [-0.4, -0.2) is 77.2 Å². The van der Waals surface area contributed by atoms with Gasteiger partial charge in [-0.2, -0.15) is 13.2 Å². The Kier molecular flexibility index (Phi) is 8.68. The highest BCUT2D eigenvalue weighted by Gasteiger charge is 2.38. The Morgan fingerprint density at radius 2 is 1.64 bits per heavy atom. The van der Waals surface area contributed by atoms with Gasteiger partial charge in [0.25, 0.3) is 0 Å². The van der Waals surface area contributed by atoms with Gasteiger partial charge >= 0.3 is 17.8 Å². The summed E-state index contributed by atoms with van der Waals surface area (Å²) >= 11 is 12.5. The van der Waals surface area contributed by atoms with E-state index in [2.05, 4.69) is 10.2 Å². The summed E-state index contributed by atoms with van der Waals surface area (Å²) < 4.78 is 40.9. The van der Waals surface area contributed by atoms with Gasteiger partial charge in [-0.25, -0.2) is 9.59 Å². The zero-order chi connectivity index (χ0) is 24.2. The van der Waals surface area contributed by atoms with Crippen molar-refractivity contribution in [1.29, 1.82) is 0 Å². The number of fused-ring (bicyclic) bond motifs is 1. The first-order valence-electron chi connectivity index (χ1n) is 10.5. The Hall–Kier alpha value is -1.79. The molecule has 184 valence electrons. The van der Waals surface area contributed by atoms with Crippen LogP contribution in [0.25, 0.3) is 11.0 Å². The van der Waals surface area contributed by atoms with Gasteiger partial charge in [0.05, 0.1) is 34.3 Å². The Morgan fingerprint density at radius 3 is 2.18 bits per heavy atom. The van der Waals surface area contributed by atoms with Gasteiger partial charge < -0.3 is 15.2 Å². The number of ether oxygens (including phenoxy) is 1. The number of nitrogens with one attached hydrogen (secondary N) is 1. The largest absolute Gasteiger partial charge is 0.490 e. The minimum Gasteiger partial charge on any atom is -0.475 e. The van der Waals surface area contributed by atoms with Crippen LogP contribution in [-0.2, 0) is 16.1 Å². The van der Waals surface area contributed by atoms with Crippen LogP contribution in [0.3, 0.4) is 0 Å². The van der Waals surface area contributed by atoms with Crippen molar-refractivity contribution in [3.05, 3.63) is 32.7 Å². The van der Waals surface area contributed by atoms with Crippen LogP contribution in [0, 0.1) is 0 Å². The third kappa shape index (κ3) is 6.42. The molecule has 0 radical (unpaired) electrons. The van der Waals surface area contributed by atoms with Gasteiger partial charge in [0.1, 0.15) is 0 Å². The van der Waals surface area contributed by atoms with E-state index in [-0.39, 0.29) is 11.7 Å². The molecule has 2 aliphatic rings. The number of imidazole rings is 1. The minimum atomic E-state index is -5.08. The number of carboxylic acid groups (broad SMARTS) is 1. The Labute approximate surface area is 197 Å². The summed E-state index contributed by atoms with van der Waals surface area (Å²) in [5, 5.41) is 11.5. The van der Waals surface area contributed by atoms with Gasteiger partial charge in [0.2, 0.25) is 0 Å². The number of alkyl halides is 3. The summed E-state index contributed by atoms with van der Waals surface area (Å²) in [6.07, 6.45) is -3.19. The summed E-state index contributed by atoms with van der Waals surface area (Å²) in [5.41, 5.74) is 1.80. The molecule has 33 heavy (non-hydrogen) atoms. The molecule has 0 bridgehead atoms. The normalized spacial score (nSPS) is 18.2. The molecule has 0 atom stereocenters. The van der Waals surface area contributed by atoms with E-state index < -0.39 is 12.1 Å². The van der Waals surface area contributed by atoms with E-state index >= 15 is 0 Å². The van der Waals surface area contributed by atoms with Crippen molar-refractivity contribution in [2.24, 2.45) is 0 Å². The quantitative estimate of drug-likeness (QED) is 0.654. The summed E-state index contributed by atoms with van der Waals surface area (Å²) in [7, 11) is 0. The molecular formula is C20H25Cl2F3N4O4. The summed E-state index contributed by atoms with van der Waals surface area (Å²) in [5.74, 6) is -2.76. The number of nitrogens with zero attached hydrogens (tertiary/aromatic N) is 3. The molecule has 2 saturated heterocycles. The molecule has 2 aliphatic heterocycles. The number of piperidine rings is 1. The van der Waals surface area contributed by atoms with Crippen LogP contribution in [0.15, 0.2) is 16.9 Å². The molecule has 8 nitrogen and oxygen atoms in total. The lowest BCUT2D eigenvalue weighted by Crippen LogP contribution is -2.40. The van der Waals surface area contributed by atoms with E-state index in [4.69, 9.17) is 37.8 Å². The molecule has 2 aromatic rings. The standard InChI is InChI=1S/C18H24Cl2N4O2.C2HF3O2/c19-14-11-16-17(12-15(14)20)24(13-1-3-21-4-2-13)18(25)23(16)6-5-22-7-9-26-10-8-22;3-2(4,5)1(6)7/h11-13,21H,1-10H2;(H,6,7). The first-order chi connectivity index (χ1) is 15.6. The zero-order valence-electron chi connectivity index (χ0n) is 17.7. The van der Waals surface area contributed by atoms with E-state index in [0.717, 1.165) is 69.8 Å². The predicted octanol–water partition coefficient (Wildman–Crippen LogP) is 3.00. The fourth-order valence-corrected chi connectivity index (χ4v) is 4.29. The molecule has 0 unspecified atom stereocenters. The third-order valence-electron chi connectivity index (χ3n) is 5.66. The van der Waals surface area contributed by atoms with Crippen molar-refractivity contribution in [2.45, 2.75) is 31.6 Å². The smallest absolute Gasteiger partial charge is 0.475 e. The predicted molar refractivity (Wildman–Crippen MR) is 118 cm³/mol. The zero-order valence-corrected chi connectivity index (χ0v) is 19.2. The number of morpholine rings is 1. The number of rotatable bonds is 4. The topological polar surface area (TPSA) is 88.7 Å². The fraction of sp³-hybridized carbons (Fsp3) is 0.600. The molecule has 1 aromatic heterocycles. The average Bonchev–Trinajstić information content (AvgIpc) is 3.04. The minimum absolute atomic E-state index is 0.0403. The molecule has 0 amide bonds. The fourth-order valence-electron chi connectivity index (χ4n) is 3.97. The van der Waals surface area contributed by atoms with Gasteiger partial charge in [0, 0.05) is 32.2 Å². The van der Waals surface area contributed by atoms with Crippen molar-refractivity contribution in [2.75, 3.05) is 45.9 Å². The van der Waals surface area contributed by atoms with Crippen LogP contribution < -0.4 is 11.0 Å². The van der Waals surface area contributed by atoms with Crippen LogP contribution in [0.4, 0.5) is 13.2 Å². The van der Waals surface area contributed by atoms with Gasteiger partial charge in [0.15, 0.2) is 0 Å². The first kappa shape index (κ1) is 25.8. The first-order valence-corrected chi connectivity index (χ1v) is 11.3. The number of hydrogen-bond donors (Lipinski definition) is 2. The summed E-state index contributed by atoms with van der Waals surface area (Å²) in [6.45, 7) is 6.67. The number of aromatic nitrogens is 2. The molecule has 13 heteroatoms. The second-order valence-electron chi connectivity index (χ2n) is 7.80. The van der Waals surface area contributed by atoms with Gasteiger partial charge in [-0.05, 0) is 38.1 Å². The second kappa shape index (κ2) is 11.1. The maximum Gasteiger partial charge on any atom is 0.490 e. The number of carbonyl (C=O) groups is 1. The van der Waals surface area contributed by atoms with Crippen LogP contribution in [0.2, 0.25) is 10.0 Å². The molecule has 0 spiro atoms. The lowest BCUT2D eigenvalue weighted by atomic mass is 10.1. The van der Waals surface area contributed by atoms with Crippen LogP contribution in [0.5, 0.6) is 0 Å². The number of hydrogen-bond acceptors (Lipinski definition) is 5. The van der Waals surface area contributed by atoms with Crippen molar-refractivity contribution in [3.63, 3.8) is 0 Å². The molecular weight excluding hydrogens is 488 g/mol. The van der Waals surface area contributed by atoms with Crippen molar-refractivity contribution in [3.8, 4) is 0 Å². The van der Waals surface area contributed by atoms with Gasteiger partial charge in [-0.15, -0.1) is 0 Å². The second-order valence-corrected chi connectivity index (χ2v) is 8.61. The van der Waals surface area contributed by atoms with Crippen molar-refractivity contribution >= 4 is 40.2 Å². The number of halogens is 5. The molecule has 0 aliphatic carbocycles. The molecule has 4 rings (SSSR count). The lowest BCUT2D eigenvalue weighted by molar-refractivity contribution is -0.192. The van der Waals surface area contributed by atoms with Crippen molar-refractivity contribution in [1.82, 2.24) is 19.4 Å². The molecule has 2 N–H and O–H groups in total. The van der Waals surface area contributed by atoms with E-state index in [9.17, 15) is 18.0 Å². The van der Waals surface area contributed by atoms with E-state index in [1.165, 1.54) is 0 Å². The maximum absolute atomic E-state index is 13.3. The SMILES string of the molecule is O=C(O)C(F)(F)F.O=c1n(CCN2CCOCC2)c2cc(Cl)c(Cl)cc2n1C1CCNCC1. The Bertz CT molecular complexity index is 1030. The maximum atomic E-state index is 13.3. The monoisotopic (exact) mass is 512 g/mol. The molecule has 2 fully saturated rings. The number of benzene rings is 1. The molecule has 0 saturated carbocycles. The highest BCUT2D eigenvalue weighted by Crippen LogP contribution is 2.30. The van der Waals surface area contributed by atoms with Crippen LogP contribution in [0.1, 0.15) is 18.9 Å². The third-order valence-corrected chi connectivity index (χ3v) is 6.39. The van der Waals surface area contributed by atoms with Crippen LogP contribution >= 0.6 is 23.2 Å². The Morgan fingerprint density at radius 1 is 1.09 bits per heavy atom. The highest BCUT2D eigenvalue weighted by atomic mass is 35.5. The molecule has 3 heterocycles. The average molecular weight is 513 g/mol. The van der Waals surface area contributed by atoms with E-state index in [1.807, 2.05) is 21.3 Å². The van der Waals surface area contributed by atoms with E-state index in [0.29, 0.717) is 16.6 Å². The Balaban J connectivity index is 0.000000383. The summed E-state index contributed by atoms with van der Waals surface area (Å²) in [4.78, 5) is 24.5. The number of carboxylic acids is 1. The summed E-state index contributed by atoms with van der Waals surface area (Å²) in [6, 6.07) is 3.87.